The maximum atomic E-state index is 12.9. The quantitative estimate of drug-likeness (QED) is 0.937. The smallest absolute Gasteiger partial charge is 0.274 e. The van der Waals surface area contributed by atoms with Gasteiger partial charge in [-0.05, 0) is 36.5 Å². The second-order valence-corrected chi connectivity index (χ2v) is 6.24. The molecular formula is C18H21FN4O. The van der Waals surface area contributed by atoms with Crippen LogP contribution < -0.4 is 5.32 Å². The molecule has 0 radical (unpaired) electrons. The second kappa shape index (κ2) is 7.38. The van der Waals surface area contributed by atoms with Crippen molar-refractivity contribution in [2.45, 2.75) is 26.3 Å². The van der Waals surface area contributed by atoms with Gasteiger partial charge in [-0.25, -0.2) is 14.4 Å². The van der Waals surface area contributed by atoms with Gasteiger partial charge in [-0.2, -0.15) is 0 Å². The Hall–Kier alpha value is -2.50. The lowest BCUT2D eigenvalue weighted by Gasteiger charge is -2.29. The molecule has 0 atom stereocenters. The molecule has 1 aliphatic heterocycles. The summed E-state index contributed by atoms with van der Waals surface area (Å²) in [6.07, 6.45) is 5.14. The molecule has 0 unspecified atom stereocenters. The highest BCUT2D eigenvalue weighted by Crippen LogP contribution is 2.17. The molecule has 0 spiro atoms. The van der Waals surface area contributed by atoms with Crippen LogP contribution >= 0.6 is 0 Å². The van der Waals surface area contributed by atoms with Gasteiger partial charge in [0, 0.05) is 19.6 Å². The van der Waals surface area contributed by atoms with E-state index in [1.807, 2.05) is 4.90 Å². The first-order valence-corrected chi connectivity index (χ1v) is 8.21. The fourth-order valence-corrected chi connectivity index (χ4v) is 2.70. The summed E-state index contributed by atoms with van der Waals surface area (Å²) in [5.74, 6) is 0.953. The number of amides is 1. The number of piperidine rings is 1. The molecule has 0 aliphatic carbocycles. The number of anilines is 1. The first-order valence-electron chi connectivity index (χ1n) is 8.21. The number of nitrogens with one attached hydrogen (secondary N) is 1. The van der Waals surface area contributed by atoms with E-state index in [9.17, 15) is 9.18 Å². The van der Waals surface area contributed by atoms with Gasteiger partial charge in [0.15, 0.2) is 0 Å². The number of likely N-dealkylation sites (tertiary alicyclic amines) is 1. The van der Waals surface area contributed by atoms with Crippen molar-refractivity contribution in [1.29, 1.82) is 0 Å². The molecule has 1 saturated heterocycles. The molecule has 126 valence electrons. The van der Waals surface area contributed by atoms with Gasteiger partial charge in [0.1, 0.15) is 17.3 Å². The average molecular weight is 328 g/mol. The van der Waals surface area contributed by atoms with Crippen LogP contribution in [0.5, 0.6) is 0 Å². The third-order valence-corrected chi connectivity index (χ3v) is 4.33. The zero-order valence-electron chi connectivity index (χ0n) is 13.7. The number of aromatic nitrogens is 2. The summed E-state index contributed by atoms with van der Waals surface area (Å²) in [6, 6.07) is 6.27. The summed E-state index contributed by atoms with van der Waals surface area (Å²) in [7, 11) is 0. The summed E-state index contributed by atoms with van der Waals surface area (Å²) in [4.78, 5) is 22.7. The molecule has 2 heterocycles. The minimum absolute atomic E-state index is 0.0560. The molecule has 1 fully saturated rings. The van der Waals surface area contributed by atoms with E-state index in [1.165, 1.54) is 18.3 Å². The van der Waals surface area contributed by atoms with E-state index in [0.717, 1.165) is 31.5 Å². The van der Waals surface area contributed by atoms with Crippen LogP contribution in [0, 0.1) is 11.7 Å². The largest absolute Gasteiger partial charge is 0.365 e. The minimum atomic E-state index is -0.256. The van der Waals surface area contributed by atoms with Crippen molar-refractivity contribution in [3.05, 3.63) is 53.7 Å². The number of hydrogen-bond donors (Lipinski definition) is 1. The Morgan fingerprint density at radius 3 is 2.54 bits per heavy atom. The Morgan fingerprint density at radius 2 is 1.92 bits per heavy atom. The monoisotopic (exact) mass is 328 g/mol. The van der Waals surface area contributed by atoms with Gasteiger partial charge in [-0.1, -0.05) is 19.1 Å². The molecule has 0 bridgehead atoms. The molecule has 1 amide bonds. The number of nitrogens with zero attached hydrogens (tertiary/aromatic N) is 3. The van der Waals surface area contributed by atoms with Crippen molar-refractivity contribution in [1.82, 2.24) is 14.9 Å². The third kappa shape index (κ3) is 4.07. The zero-order chi connectivity index (χ0) is 16.9. The van der Waals surface area contributed by atoms with Gasteiger partial charge >= 0.3 is 0 Å². The molecule has 0 saturated carbocycles. The van der Waals surface area contributed by atoms with Crippen LogP contribution in [0.4, 0.5) is 10.2 Å². The maximum absolute atomic E-state index is 12.9. The van der Waals surface area contributed by atoms with Crippen molar-refractivity contribution >= 4 is 11.7 Å². The van der Waals surface area contributed by atoms with Crippen LogP contribution in [0.25, 0.3) is 0 Å². The molecule has 2 aromatic rings. The fourth-order valence-electron chi connectivity index (χ4n) is 2.70. The normalized spacial score (nSPS) is 15.3. The van der Waals surface area contributed by atoms with Crippen LogP contribution in [-0.4, -0.2) is 33.9 Å². The second-order valence-electron chi connectivity index (χ2n) is 6.24. The fraction of sp³-hybridized carbons (Fsp3) is 0.389. The van der Waals surface area contributed by atoms with E-state index in [1.54, 1.807) is 18.3 Å². The van der Waals surface area contributed by atoms with Gasteiger partial charge in [0.05, 0.1) is 12.4 Å². The van der Waals surface area contributed by atoms with E-state index in [-0.39, 0.29) is 11.7 Å². The van der Waals surface area contributed by atoms with E-state index in [4.69, 9.17) is 0 Å². The Labute approximate surface area is 140 Å². The van der Waals surface area contributed by atoms with Gasteiger partial charge in [-0.15, -0.1) is 0 Å². The predicted molar refractivity (Wildman–Crippen MR) is 90.1 cm³/mol. The Balaban J connectivity index is 1.56. The highest BCUT2D eigenvalue weighted by Gasteiger charge is 2.22. The summed E-state index contributed by atoms with van der Waals surface area (Å²) < 4.78 is 12.9. The molecule has 1 N–H and O–H groups in total. The summed E-state index contributed by atoms with van der Waals surface area (Å²) in [5, 5.41) is 3.11. The lowest BCUT2D eigenvalue weighted by molar-refractivity contribution is 0.0691. The number of benzene rings is 1. The molecule has 3 rings (SSSR count). The number of carbonyl (C=O) groups excluding carboxylic acids is 1. The SMILES string of the molecule is CC1CCN(C(=O)c2cnc(NCc3ccc(F)cc3)cn2)CC1. The topological polar surface area (TPSA) is 58.1 Å². The lowest BCUT2D eigenvalue weighted by atomic mass is 9.99. The van der Waals surface area contributed by atoms with Crippen LogP contribution in [0.15, 0.2) is 36.7 Å². The maximum Gasteiger partial charge on any atom is 0.274 e. The predicted octanol–water partition coefficient (Wildman–Crippen LogP) is 3.10. The number of carbonyl (C=O) groups is 1. The van der Waals surface area contributed by atoms with Gasteiger partial charge in [-0.3, -0.25) is 4.79 Å². The first kappa shape index (κ1) is 16.4. The Morgan fingerprint density at radius 1 is 1.21 bits per heavy atom. The first-order chi connectivity index (χ1) is 11.6. The van der Waals surface area contributed by atoms with Crippen LogP contribution in [-0.2, 0) is 6.54 Å². The molecular weight excluding hydrogens is 307 g/mol. The van der Waals surface area contributed by atoms with Crippen molar-refractivity contribution in [2.24, 2.45) is 5.92 Å². The minimum Gasteiger partial charge on any atom is -0.365 e. The molecule has 1 aromatic carbocycles. The van der Waals surface area contributed by atoms with Crippen molar-refractivity contribution < 1.29 is 9.18 Å². The van der Waals surface area contributed by atoms with Gasteiger partial charge < -0.3 is 10.2 Å². The molecule has 24 heavy (non-hydrogen) atoms. The Bertz CT molecular complexity index is 679. The van der Waals surface area contributed by atoms with Crippen molar-refractivity contribution in [3.8, 4) is 0 Å². The Kier molecular flexibility index (Phi) is 5.03. The van der Waals surface area contributed by atoms with Crippen LogP contribution in [0.3, 0.4) is 0 Å². The van der Waals surface area contributed by atoms with Crippen molar-refractivity contribution in [3.63, 3.8) is 0 Å². The number of hydrogen-bond acceptors (Lipinski definition) is 4. The molecule has 6 heteroatoms. The van der Waals surface area contributed by atoms with Gasteiger partial charge in [0.2, 0.25) is 0 Å². The number of halogens is 1. The lowest BCUT2D eigenvalue weighted by Crippen LogP contribution is -2.38. The van der Waals surface area contributed by atoms with E-state index >= 15 is 0 Å². The highest BCUT2D eigenvalue weighted by molar-refractivity contribution is 5.92. The summed E-state index contributed by atoms with van der Waals surface area (Å²) >= 11 is 0. The van der Waals surface area contributed by atoms with Crippen molar-refractivity contribution in [2.75, 3.05) is 18.4 Å². The molecule has 1 aliphatic rings. The third-order valence-electron chi connectivity index (χ3n) is 4.33. The van der Waals surface area contributed by atoms with Crippen LogP contribution in [0.1, 0.15) is 35.8 Å². The van der Waals surface area contributed by atoms with Gasteiger partial charge in [0.25, 0.3) is 5.91 Å². The molecule has 1 aromatic heterocycles. The summed E-state index contributed by atoms with van der Waals surface area (Å²) in [5.41, 5.74) is 1.32. The summed E-state index contributed by atoms with van der Waals surface area (Å²) in [6.45, 7) is 4.30. The van der Waals surface area contributed by atoms with E-state index < -0.39 is 0 Å². The molecule has 5 nitrogen and oxygen atoms in total. The highest BCUT2D eigenvalue weighted by atomic mass is 19.1. The van der Waals surface area contributed by atoms with E-state index in [0.29, 0.717) is 24.0 Å². The zero-order valence-corrected chi connectivity index (χ0v) is 13.7. The average Bonchev–Trinajstić information content (AvgIpc) is 2.62. The number of rotatable bonds is 4. The standard InChI is InChI=1S/C18H21FN4O/c1-13-6-8-23(9-7-13)18(24)16-11-22-17(12-20-16)21-10-14-2-4-15(19)5-3-14/h2-5,11-13H,6-10H2,1H3,(H,21,22). The van der Waals surface area contributed by atoms with Crippen LogP contribution in [0.2, 0.25) is 0 Å². The van der Waals surface area contributed by atoms with E-state index in [2.05, 4.69) is 22.2 Å².